The molecule has 1 atom stereocenters. The maximum atomic E-state index is 8.74. The number of aliphatic hydroxyl groups excluding tert-OH is 1. The van der Waals surface area contributed by atoms with Gasteiger partial charge >= 0.3 is 0 Å². The van der Waals surface area contributed by atoms with Gasteiger partial charge in [0, 0.05) is 38.0 Å². The smallest absolute Gasteiger partial charge is 0.0638 e. The van der Waals surface area contributed by atoms with E-state index in [4.69, 9.17) is 5.11 Å². The zero-order chi connectivity index (χ0) is 10.6. The van der Waals surface area contributed by atoms with Gasteiger partial charge in [-0.2, -0.15) is 5.10 Å². The van der Waals surface area contributed by atoms with Crippen LogP contribution in [0.15, 0.2) is 6.20 Å². The van der Waals surface area contributed by atoms with Crippen LogP contribution in [0.2, 0.25) is 0 Å². The minimum atomic E-state index is 0.236. The third kappa shape index (κ3) is 3.12. The van der Waals surface area contributed by atoms with Crippen molar-refractivity contribution in [3.05, 3.63) is 17.5 Å². The molecule has 1 heterocycles. The second-order valence-corrected chi connectivity index (χ2v) is 3.71. The topological polar surface area (TPSA) is 50.1 Å². The molecule has 1 aromatic rings. The Kier molecular flexibility index (Phi) is 4.10. The zero-order valence-corrected chi connectivity index (χ0v) is 9.12. The van der Waals surface area contributed by atoms with Gasteiger partial charge in [0.25, 0.3) is 0 Å². The maximum Gasteiger partial charge on any atom is 0.0638 e. The molecule has 14 heavy (non-hydrogen) atoms. The molecule has 1 rings (SSSR count). The van der Waals surface area contributed by atoms with Gasteiger partial charge in [0.2, 0.25) is 0 Å². The van der Waals surface area contributed by atoms with Crippen LogP contribution >= 0.6 is 0 Å². The summed E-state index contributed by atoms with van der Waals surface area (Å²) in [4.78, 5) is 0. The van der Waals surface area contributed by atoms with Gasteiger partial charge in [0.15, 0.2) is 0 Å². The highest BCUT2D eigenvalue weighted by Gasteiger charge is 2.04. The molecule has 0 saturated heterocycles. The van der Waals surface area contributed by atoms with Crippen molar-refractivity contribution in [3.63, 3.8) is 0 Å². The van der Waals surface area contributed by atoms with Gasteiger partial charge in [-0.3, -0.25) is 4.68 Å². The van der Waals surface area contributed by atoms with Crippen LogP contribution in [0.1, 0.15) is 24.6 Å². The summed E-state index contributed by atoms with van der Waals surface area (Å²) >= 11 is 0. The van der Waals surface area contributed by atoms with Crippen molar-refractivity contribution in [3.8, 4) is 0 Å². The summed E-state index contributed by atoms with van der Waals surface area (Å²) in [5.41, 5.74) is 2.29. The van der Waals surface area contributed by atoms with E-state index >= 15 is 0 Å². The lowest BCUT2D eigenvalue weighted by molar-refractivity contribution is 0.268. The van der Waals surface area contributed by atoms with Gasteiger partial charge in [-0.1, -0.05) is 0 Å². The molecule has 0 fully saturated rings. The lowest BCUT2D eigenvalue weighted by Crippen LogP contribution is -2.26. The number of hydrogen-bond acceptors (Lipinski definition) is 3. The molecule has 0 aliphatic heterocycles. The molecule has 0 bridgehead atoms. The molecule has 0 spiro atoms. The van der Waals surface area contributed by atoms with Gasteiger partial charge in [0.1, 0.15) is 0 Å². The predicted octanol–water partition coefficient (Wildman–Crippen LogP) is 0.589. The van der Waals surface area contributed by atoms with E-state index in [9.17, 15) is 0 Å². The highest BCUT2D eigenvalue weighted by Crippen LogP contribution is 2.04. The SMILES string of the molecule is Cc1nn(C)cc1CNC(C)CCO. The Morgan fingerprint density at radius 1 is 1.64 bits per heavy atom. The van der Waals surface area contributed by atoms with Crippen LogP contribution in [0.5, 0.6) is 0 Å². The highest BCUT2D eigenvalue weighted by molar-refractivity contribution is 5.14. The molecule has 1 unspecified atom stereocenters. The Labute approximate surface area is 84.9 Å². The first-order valence-electron chi connectivity index (χ1n) is 4.97. The first-order chi connectivity index (χ1) is 6.63. The molecule has 80 valence electrons. The van der Waals surface area contributed by atoms with Crippen molar-refractivity contribution >= 4 is 0 Å². The van der Waals surface area contributed by atoms with Crippen molar-refractivity contribution in [2.24, 2.45) is 7.05 Å². The monoisotopic (exact) mass is 197 g/mol. The number of aromatic nitrogens is 2. The largest absolute Gasteiger partial charge is 0.396 e. The van der Waals surface area contributed by atoms with Gasteiger partial charge < -0.3 is 10.4 Å². The summed E-state index contributed by atoms with van der Waals surface area (Å²) in [5, 5.41) is 16.3. The molecule has 1 aromatic heterocycles. The average molecular weight is 197 g/mol. The minimum absolute atomic E-state index is 0.236. The van der Waals surface area contributed by atoms with Crippen LogP contribution in [0.25, 0.3) is 0 Å². The third-order valence-electron chi connectivity index (χ3n) is 2.32. The molecule has 0 aliphatic rings. The van der Waals surface area contributed by atoms with Crippen LogP contribution in [0, 0.1) is 6.92 Å². The summed E-state index contributed by atoms with van der Waals surface area (Å²) in [6.07, 6.45) is 2.81. The van der Waals surface area contributed by atoms with Crippen molar-refractivity contribution in [1.29, 1.82) is 0 Å². The van der Waals surface area contributed by atoms with Gasteiger partial charge in [-0.05, 0) is 20.3 Å². The first kappa shape index (κ1) is 11.2. The Balaban J connectivity index is 2.41. The lowest BCUT2D eigenvalue weighted by atomic mass is 10.2. The molecule has 0 saturated carbocycles. The average Bonchev–Trinajstić information content (AvgIpc) is 2.42. The Morgan fingerprint density at radius 2 is 2.36 bits per heavy atom. The lowest BCUT2D eigenvalue weighted by Gasteiger charge is -2.11. The molecule has 0 aromatic carbocycles. The summed E-state index contributed by atoms with van der Waals surface area (Å²) < 4.78 is 1.82. The van der Waals surface area contributed by atoms with Gasteiger partial charge in [-0.25, -0.2) is 0 Å². The van der Waals surface area contributed by atoms with Crippen LogP contribution in [-0.4, -0.2) is 27.5 Å². The Morgan fingerprint density at radius 3 is 2.86 bits per heavy atom. The van der Waals surface area contributed by atoms with Crippen LogP contribution < -0.4 is 5.32 Å². The Bertz CT molecular complexity index is 283. The fourth-order valence-corrected chi connectivity index (χ4v) is 1.40. The first-order valence-corrected chi connectivity index (χ1v) is 4.97. The number of hydrogen-bond donors (Lipinski definition) is 2. The quantitative estimate of drug-likeness (QED) is 0.726. The van der Waals surface area contributed by atoms with Crippen LogP contribution in [0.3, 0.4) is 0 Å². The fraction of sp³-hybridized carbons (Fsp3) is 0.700. The molecule has 4 nitrogen and oxygen atoms in total. The molecular weight excluding hydrogens is 178 g/mol. The summed E-state index contributed by atoms with van der Waals surface area (Å²) in [6, 6.07) is 0.347. The normalized spacial score (nSPS) is 13.1. The molecule has 2 N–H and O–H groups in total. The summed E-state index contributed by atoms with van der Waals surface area (Å²) in [5.74, 6) is 0. The summed E-state index contributed by atoms with van der Waals surface area (Å²) in [7, 11) is 1.92. The molecular formula is C10H19N3O. The van der Waals surface area contributed by atoms with E-state index in [1.807, 2.05) is 24.9 Å². The van der Waals surface area contributed by atoms with Crippen LogP contribution in [-0.2, 0) is 13.6 Å². The van der Waals surface area contributed by atoms with Crippen molar-refractivity contribution in [1.82, 2.24) is 15.1 Å². The number of rotatable bonds is 5. The predicted molar refractivity (Wildman–Crippen MR) is 55.9 cm³/mol. The second kappa shape index (κ2) is 5.12. The van der Waals surface area contributed by atoms with E-state index in [0.717, 1.165) is 18.7 Å². The number of aryl methyl sites for hydroxylation is 2. The van der Waals surface area contributed by atoms with Gasteiger partial charge in [-0.15, -0.1) is 0 Å². The molecule has 4 heteroatoms. The van der Waals surface area contributed by atoms with Gasteiger partial charge in [0.05, 0.1) is 5.69 Å². The molecule has 0 amide bonds. The summed E-state index contributed by atoms with van der Waals surface area (Å²) in [6.45, 7) is 5.14. The molecule has 0 aliphatic carbocycles. The third-order valence-corrected chi connectivity index (χ3v) is 2.32. The van der Waals surface area contributed by atoms with Crippen molar-refractivity contribution in [2.75, 3.05) is 6.61 Å². The van der Waals surface area contributed by atoms with E-state index in [-0.39, 0.29) is 6.61 Å². The van der Waals surface area contributed by atoms with E-state index < -0.39 is 0 Å². The number of aliphatic hydroxyl groups is 1. The van der Waals surface area contributed by atoms with E-state index in [1.165, 1.54) is 5.56 Å². The van der Waals surface area contributed by atoms with E-state index in [0.29, 0.717) is 6.04 Å². The zero-order valence-electron chi connectivity index (χ0n) is 9.12. The number of nitrogens with zero attached hydrogens (tertiary/aromatic N) is 2. The van der Waals surface area contributed by atoms with E-state index in [1.54, 1.807) is 0 Å². The van der Waals surface area contributed by atoms with Crippen LogP contribution in [0.4, 0.5) is 0 Å². The molecule has 0 radical (unpaired) electrons. The maximum absolute atomic E-state index is 8.74. The standard InChI is InChI=1S/C10H19N3O/c1-8(4-5-14)11-6-10-7-13(3)12-9(10)2/h7-8,11,14H,4-6H2,1-3H3. The second-order valence-electron chi connectivity index (χ2n) is 3.71. The van der Waals surface area contributed by atoms with E-state index in [2.05, 4.69) is 17.3 Å². The van der Waals surface area contributed by atoms with Crippen molar-refractivity contribution < 1.29 is 5.11 Å². The Hall–Kier alpha value is -0.870. The highest BCUT2D eigenvalue weighted by atomic mass is 16.3. The van der Waals surface area contributed by atoms with Crippen molar-refractivity contribution in [2.45, 2.75) is 32.9 Å². The minimum Gasteiger partial charge on any atom is -0.396 e. The fourth-order valence-electron chi connectivity index (χ4n) is 1.40. The number of nitrogens with one attached hydrogen (secondary N) is 1.